The number of aryl methyl sites for hydroxylation is 2. The van der Waals surface area contributed by atoms with Crippen molar-refractivity contribution < 1.29 is 4.42 Å². The molecule has 1 aliphatic rings. The summed E-state index contributed by atoms with van der Waals surface area (Å²) in [6.07, 6.45) is 2.43. The molecule has 3 heterocycles. The smallest absolute Gasteiger partial charge is 0.209 e. The number of rotatable bonds is 4. The van der Waals surface area contributed by atoms with Gasteiger partial charge in [-0.25, -0.2) is 4.98 Å². The lowest BCUT2D eigenvalue weighted by molar-refractivity contribution is 0.200. The normalized spacial score (nSPS) is 19.0. The number of benzene rings is 1. The first-order valence-electron chi connectivity index (χ1n) is 8.28. The van der Waals surface area contributed by atoms with Crippen molar-refractivity contribution in [3.8, 4) is 0 Å². The van der Waals surface area contributed by atoms with Gasteiger partial charge in [0.1, 0.15) is 5.52 Å². The highest BCUT2D eigenvalue weighted by molar-refractivity contribution is 5.72. The molecule has 0 amide bonds. The van der Waals surface area contributed by atoms with Crippen LogP contribution in [0.1, 0.15) is 30.1 Å². The van der Waals surface area contributed by atoms with E-state index in [0.717, 1.165) is 42.3 Å². The van der Waals surface area contributed by atoms with Crippen LogP contribution in [0.3, 0.4) is 0 Å². The molecule has 0 bridgehead atoms. The highest BCUT2D eigenvalue weighted by Crippen LogP contribution is 2.23. The zero-order valence-corrected chi connectivity index (χ0v) is 13.7. The van der Waals surface area contributed by atoms with E-state index < -0.39 is 0 Å². The minimum absolute atomic E-state index is 0.503. The first kappa shape index (κ1) is 14.5. The third kappa shape index (κ3) is 2.88. The number of likely N-dealkylation sites (tertiary alicyclic amines) is 1. The number of oxazole rings is 1. The molecule has 4 rings (SSSR count). The summed E-state index contributed by atoms with van der Waals surface area (Å²) in [5, 5.41) is 4.60. The molecule has 1 saturated heterocycles. The molecule has 1 fully saturated rings. The SMILES string of the molecule is Cc1cc(C)n(C[C@H]2CCCN2Cc2nc3ccccc3o2)n1. The minimum atomic E-state index is 0.503. The molecule has 3 aromatic rings. The Balaban J connectivity index is 1.50. The van der Waals surface area contributed by atoms with E-state index in [0.29, 0.717) is 6.04 Å². The van der Waals surface area contributed by atoms with Crippen molar-refractivity contribution in [2.45, 2.75) is 45.8 Å². The van der Waals surface area contributed by atoms with Crippen LogP contribution in [0.4, 0.5) is 0 Å². The lowest BCUT2D eigenvalue weighted by Gasteiger charge is -2.23. The highest BCUT2D eigenvalue weighted by atomic mass is 16.3. The van der Waals surface area contributed by atoms with Crippen molar-refractivity contribution in [2.24, 2.45) is 0 Å². The van der Waals surface area contributed by atoms with Crippen molar-refractivity contribution in [1.82, 2.24) is 19.7 Å². The topological polar surface area (TPSA) is 47.1 Å². The van der Waals surface area contributed by atoms with Crippen LogP contribution >= 0.6 is 0 Å². The predicted molar refractivity (Wildman–Crippen MR) is 89.1 cm³/mol. The van der Waals surface area contributed by atoms with Crippen LogP contribution in [0.5, 0.6) is 0 Å². The van der Waals surface area contributed by atoms with Crippen LogP contribution in [0, 0.1) is 13.8 Å². The number of para-hydroxylation sites is 2. The molecule has 1 aliphatic heterocycles. The van der Waals surface area contributed by atoms with E-state index in [4.69, 9.17) is 4.42 Å². The Hall–Kier alpha value is -2.14. The Morgan fingerprint density at radius 3 is 2.91 bits per heavy atom. The first-order chi connectivity index (χ1) is 11.2. The van der Waals surface area contributed by atoms with E-state index in [-0.39, 0.29) is 0 Å². The van der Waals surface area contributed by atoms with Gasteiger partial charge in [-0.05, 0) is 51.4 Å². The van der Waals surface area contributed by atoms with Crippen molar-refractivity contribution in [3.05, 3.63) is 47.6 Å². The monoisotopic (exact) mass is 310 g/mol. The standard InChI is InChI=1S/C18H22N4O/c1-13-10-14(2)22(20-13)11-15-6-5-9-21(15)12-18-19-16-7-3-4-8-17(16)23-18/h3-4,7-8,10,15H,5-6,9,11-12H2,1-2H3/t15-/m1/s1. The summed E-state index contributed by atoms with van der Waals surface area (Å²) in [5.41, 5.74) is 4.13. The molecular formula is C18H22N4O. The third-order valence-corrected chi connectivity index (χ3v) is 4.66. The molecule has 5 nitrogen and oxygen atoms in total. The van der Waals surface area contributed by atoms with E-state index in [1.807, 2.05) is 31.2 Å². The molecule has 0 aliphatic carbocycles. The molecule has 0 radical (unpaired) electrons. The van der Waals surface area contributed by atoms with E-state index in [1.165, 1.54) is 18.5 Å². The molecule has 5 heteroatoms. The maximum Gasteiger partial charge on any atom is 0.209 e. The summed E-state index contributed by atoms with van der Waals surface area (Å²) >= 11 is 0. The van der Waals surface area contributed by atoms with Gasteiger partial charge in [0.15, 0.2) is 5.58 Å². The van der Waals surface area contributed by atoms with Gasteiger partial charge in [0.05, 0.1) is 18.8 Å². The van der Waals surface area contributed by atoms with Crippen molar-refractivity contribution in [1.29, 1.82) is 0 Å². The molecule has 0 unspecified atom stereocenters. The van der Waals surface area contributed by atoms with Gasteiger partial charge in [-0.1, -0.05) is 12.1 Å². The fourth-order valence-electron chi connectivity index (χ4n) is 3.53. The van der Waals surface area contributed by atoms with Gasteiger partial charge in [0.2, 0.25) is 5.89 Å². The van der Waals surface area contributed by atoms with E-state index >= 15 is 0 Å². The van der Waals surface area contributed by atoms with Crippen LogP contribution in [0.2, 0.25) is 0 Å². The van der Waals surface area contributed by atoms with Crippen LogP contribution in [-0.4, -0.2) is 32.3 Å². The van der Waals surface area contributed by atoms with Crippen LogP contribution in [0.25, 0.3) is 11.1 Å². The lowest BCUT2D eigenvalue weighted by Crippen LogP contribution is -2.33. The van der Waals surface area contributed by atoms with E-state index in [2.05, 4.69) is 32.7 Å². The second-order valence-electron chi connectivity index (χ2n) is 6.45. The Kier molecular flexibility index (Phi) is 3.65. The van der Waals surface area contributed by atoms with Crippen molar-refractivity contribution in [2.75, 3.05) is 6.54 Å². The maximum atomic E-state index is 5.88. The molecule has 0 spiro atoms. The maximum absolute atomic E-state index is 5.88. The highest BCUT2D eigenvalue weighted by Gasteiger charge is 2.27. The Morgan fingerprint density at radius 2 is 2.13 bits per heavy atom. The minimum Gasteiger partial charge on any atom is -0.439 e. The van der Waals surface area contributed by atoms with Crippen LogP contribution in [0.15, 0.2) is 34.7 Å². The lowest BCUT2D eigenvalue weighted by atomic mass is 10.2. The number of hydrogen-bond acceptors (Lipinski definition) is 4. The van der Waals surface area contributed by atoms with Gasteiger partial charge in [0.25, 0.3) is 0 Å². The molecule has 0 saturated carbocycles. The predicted octanol–water partition coefficient (Wildman–Crippen LogP) is 3.31. The third-order valence-electron chi connectivity index (χ3n) is 4.66. The number of nitrogens with zero attached hydrogens (tertiary/aromatic N) is 4. The molecular weight excluding hydrogens is 288 g/mol. The van der Waals surface area contributed by atoms with Gasteiger partial charge < -0.3 is 4.42 Å². The Bertz CT molecular complexity index is 786. The van der Waals surface area contributed by atoms with Gasteiger partial charge in [-0.15, -0.1) is 0 Å². The van der Waals surface area contributed by atoms with Gasteiger partial charge in [-0.2, -0.15) is 5.10 Å². The quantitative estimate of drug-likeness (QED) is 0.742. The number of aromatic nitrogens is 3. The summed E-state index contributed by atoms with van der Waals surface area (Å²) in [6.45, 7) is 7.00. The largest absolute Gasteiger partial charge is 0.439 e. The fourth-order valence-corrected chi connectivity index (χ4v) is 3.53. The van der Waals surface area contributed by atoms with Gasteiger partial charge in [0, 0.05) is 11.7 Å². The van der Waals surface area contributed by atoms with Crippen LogP contribution in [-0.2, 0) is 13.1 Å². The number of hydrogen-bond donors (Lipinski definition) is 0. The average molecular weight is 310 g/mol. The molecule has 120 valence electrons. The van der Waals surface area contributed by atoms with Crippen molar-refractivity contribution in [3.63, 3.8) is 0 Å². The van der Waals surface area contributed by atoms with E-state index in [9.17, 15) is 0 Å². The van der Waals surface area contributed by atoms with Gasteiger partial charge in [-0.3, -0.25) is 9.58 Å². The summed E-state index contributed by atoms with van der Waals surface area (Å²) in [6, 6.07) is 10.6. The van der Waals surface area contributed by atoms with Crippen molar-refractivity contribution >= 4 is 11.1 Å². The summed E-state index contributed by atoms with van der Waals surface area (Å²) < 4.78 is 8.01. The molecule has 1 aromatic carbocycles. The first-order valence-corrected chi connectivity index (χ1v) is 8.28. The Morgan fingerprint density at radius 1 is 1.26 bits per heavy atom. The van der Waals surface area contributed by atoms with E-state index in [1.54, 1.807) is 0 Å². The molecule has 0 N–H and O–H groups in total. The molecule has 1 atom stereocenters. The molecule has 23 heavy (non-hydrogen) atoms. The summed E-state index contributed by atoms with van der Waals surface area (Å²) in [4.78, 5) is 7.08. The van der Waals surface area contributed by atoms with Crippen LogP contribution < -0.4 is 0 Å². The second kappa shape index (κ2) is 5.81. The summed E-state index contributed by atoms with van der Waals surface area (Å²) in [7, 11) is 0. The zero-order valence-electron chi connectivity index (χ0n) is 13.7. The summed E-state index contributed by atoms with van der Waals surface area (Å²) in [5.74, 6) is 0.812. The zero-order chi connectivity index (χ0) is 15.8. The average Bonchev–Trinajstić information content (AvgIpc) is 3.20. The Labute approximate surface area is 135 Å². The molecule has 2 aromatic heterocycles. The van der Waals surface area contributed by atoms with Gasteiger partial charge >= 0.3 is 0 Å². The fraction of sp³-hybridized carbons (Fsp3) is 0.444. The second-order valence-corrected chi connectivity index (χ2v) is 6.45. The number of fused-ring (bicyclic) bond motifs is 1.